The van der Waals surface area contributed by atoms with Crippen molar-refractivity contribution in [2.75, 3.05) is 18.8 Å². The van der Waals surface area contributed by atoms with E-state index >= 15 is 0 Å². The Hall–Kier alpha value is 0.310. The van der Waals surface area contributed by atoms with Crippen LogP contribution in [0.4, 0.5) is 0 Å². The molecule has 0 saturated carbocycles. The second-order valence-electron chi connectivity index (χ2n) is 7.07. The van der Waals surface area contributed by atoms with E-state index in [1.165, 1.54) is 122 Å². The molecular weight excluding hydrogens is 286 g/mol. The molecule has 2 heteroatoms. The van der Waals surface area contributed by atoms with Crippen LogP contribution >= 0.6 is 11.9 Å². The first-order chi connectivity index (χ1) is 10.9. The largest absolute Gasteiger partial charge is 0.251 e. The molecule has 1 saturated heterocycles. The molecule has 0 spiro atoms. The Bertz CT molecular complexity index is 214. The lowest BCUT2D eigenvalue weighted by molar-refractivity contribution is 0.538. The molecular formula is C20H41NS. The predicted octanol–water partition coefficient (Wildman–Crippen LogP) is 7.21. The van der Waals surface area contributed by atoms with Crippen LogP contribution in [0.1, 0.15) is 110 Å². The molecule has 0 radical (unpaired) electrons. The molecule has 0 N–H and O–H groups in total. The molecule has 132 valence electrons. The van der Waals surface area contributed by atoms with E-state index in [4.69, 9.17) is 0 Å². The van der Waals surface area contributed by atoms with Gasteiger partial charge < -0.3 is 0 Å². The zero-order chi connectivity index (χ0) is 15.7. The minimum Gasteiger partial charge on any atom is -0.251 e. The zero-order valence-electron chi connectivity index (χ0n) is 15.3. The molecule has 1 aliphatic rings. The summed E-state index contributed by atoms with van der Waals surface area (Å²) >= 11 is 2.10. The van der Waals surface area contributed by atoms with Crippen LogP contribution in [0.3, 0.4) is 0 Å². The Balaban J connectivity index is 1.64. The molecule has 0 aromatic rings. The summed E-state index contributed by atoms with van der Waals surface area (Å²) in [6.07, 6.45) is 23.3. The quantitative estimate of drug-likeness (QED) is 0.217. The predicted molar refractivity (Wildman–Crippen MR) is 104 cm³/mol. The molecule has 1 fully saturated rings. The smallest absolute Gasteiger partial charge is 0.00898 e. The summed E-state index contributed by atoms with van der Waals surface area (Å²) in [5.74, 6) is 1.36. The fourth-order valence-corrected chi connectivity index (χ4v) is 4.42. The summed E-state index contributed by atoms with van der Waals surface area (Å²) in [4.78, 5) is 0. The fourth-order valence-electron chi connectivity index (χ4n) is 3.31. The molecule has 1 nitrogen and oxygen atoms in total. The Labute approximate surface area is 145 Å². The van der Waals surface area contributed by atoms with Crippen LogP contribution in [-0.4, -0.2) is 23.1 Å². The fraction of sp³-hybridized carbons (Fsp3) is 1.00. The highest BCUT2D eigenvalue weighted by atomic mass is 32.2. The average molecular weight is 328 g/mol. The summed E-state index contributed by atoms with van der Waals surface area (Å²) in [6.45, 7) is 4.97. The summed E-state index contributed by atoms with van der Waals surface area (Å²) in [5, 5.41) is 0. The van der Waals surface area contributed by atoms with E-state index in [0.717, 1.165) is 0 Å². The van der Waals surface area contributed by atoms with Crippen molar-refractivity contribution in [1.29, 1.82) is 0 Å². The Morgan fingerprint density at radius 1 is 0.591 bits per heavy atom. The highest BCUT2D eigenvalue weighted by Gasteiger charge is 2.10. The third-order valence-corrected chi connectivity index (χ3v) is 6.04. The maximum Gasteiger partial charge on any atom is 0.00898 e. The topological polar surface area (TPSA) is 3.24 Å². The number of nitrogens with zero attached hydrogens (tertiary/aromatic N) is 1. The van der Waals surface area contributed by atoms with Gasteiger partial charge in [-0.3, -0.25) is 4.31 Å². The van der Waals surface area contributed by atoms with Crippen molar-refractivity contribution < 1.29 is 0 Å². The molecule has 0 unspecified atom stereocenters. The molecule has 1 heterocycles. The van der Waals surface area contributed by atoms with Crippen LogP contribution in [0.15, 0.2) is 0 Å². The Kier molecular flexibility index (Phi) is 15.0. The van der Waals surface area contributed by atoms with Crippen LogP contribution < -0.4 is 0 Å². The molecule has 1 aliphatic heterocycles. The first-order valence-electron chi connectivity index (χ1n) is 10.3. The minimum absolute atomic E-state index is 1.34. The van der Waals surface area contributed by atoms with Gasteiger partial charge in [0, 0.05) is 18.8 Å². The lowest BCUT2D eigenvalue weighted by atomic mass is 10.0. The van der Waals surface area contributed by atoms with Crippen molar-refractivity contribution in [3.8, 4) is 0 Å². The van der Waals surface area contributed by atoms with Gasteiger partial charge in [0.2, 0.25) is 0 Å². The van der Waals surface area contributed by atoms with Gasteiger partial charge >= 0.3 is 0 Å². The van der Waals surface area contributed by atoms with E-state index in [2.05, 4.69) is 23.2 Å². The van der Waals surface area contributed by atoms with Crippen LogP contribution in [0.2, 0.25) is 0 Å². The van der Waals surface area contributed by atoms with Gasteiger partial charge in [-0.05, 0) is 19.3 Å². The van der Waals surface area contributed by atoms with E-state index in [1.54, 1.807) is 0 Å². The number of unbranched alkanes of at least 4 members (excludes halogenated alkanes) is 13. The van der Waals surface area contributed by atoms with E-state index in [-0.39, 0.29) is 0 Å². The normalized spacial score (nSPS) is 15.7. The third-order valence-electron chi connectivity index (χ3n) is 4.84. The van der Waals surface area contributed by atoms with Gasteiger partial charge in [-0.1, -0.05) is 102 Å². The lowest BCUT2D eigenvalue weighted by Crippen LogP contribution is -2.09. The van der Waals surface area contributed by atoms with Gasteiger partial charge in [0.25, 0.3) is 0 Å². The van der Waals surface area contributed by atoms with E-state index in [9.17, 15) is 0 Å². The lowest BCUT2D eigenvalue weighted by Gasteiger charge is -2.12. The SMILES string of the molecule is CCCCCCCCCCCCCCCCSN1CCCC1. The van der Waals surface area contributed by atoms with Gasteiger partial charge in [0.15, 0.2) is 0 Å². The summed E-state index contributed by atoms with van der Waals surface area (Å²) < 4.78 is 2.57. The van der Waals surface area contributed by atoms with Gasteiger partial charge in [-0.15, -0.1) is 0 Å². The second kappa shape index (κ2) is 16.2. The zero-order valence-corrected chi connectivity index (χ0v) is 16.1. The maximum atomic E-state index is 2.57. The van der Waals surface area contributed by atoms with Crippen molar-refractivity contribution >= 4 is 11.9 Å². The monoisotopic (exact) mass is 327 g/mol. The molecule has 0 aromatic heterocycles. The van der Waals surface area contributed by atoms with Gasteiger partial charge in [-0.2, -0.15) is 0 Å². The summed E-state index contributed by atoms with van der Waals surface area (Å²) in [6, 6.07) is 0. The average Bonchev–Trinajstić information content (AvgIpc) is 3.04. The first-order valence-corrected chi connectivity index (χ1v) is 11.3. The highest BCUT2D eigenvalue weighted by molar-refractivity contribution is 7.97. The molecule has 22 heavy (non-hydrogen) atoms. The maximum absolute atomic E-state index is 2.57. The molecule has 0 atom stereocenters. The number of rotatable bonds is 16. The van der Waals surface area contributed by atoms with Crippen molar-refractivity contribution in [3.05, 3.63) is 0 Å². The van der Waals surface area contributed by atoms with Gasteiger partial charge in [0.1, 0.15) is 0 Å². The summed E-state index contributed by atoms with van der Waals surface area (Å²) in [5.41, 5.74) is 0. The van der Waals surface area contributed by atoms with Crippen molar-refractivity contribution in [3.63, 3.8) is 0 Å². The highest BCUT2D eigenvalue weighted by Crippen LogP contribution is 2.20. The summed E-state index contributed by atoms with van der Waals surface area (Å²) in [7, 11) is 0. The minimum atomic E-state index is 1.34. The number of hydrogen-bond acceptors (Lipinski definition) is 2. The van der Waals surface area contributed by atoms with Crippen molar-refractivity contribution in [2.24, 2.45) is 0 Å². The van der Waals surface area contributed by atoms with Crippen LogP contribution in [0.5, 0.6) is 0 Å². The Morgan fingerprint density at radius 3 is 1.45 bits per heavy atom. The van der Waals surface area contributed by atoms with Crippen LogP contribution in [-0.2, 0) is 0 Å². The molecule has 0 aliphatic carbocycles. The third kappa shape index (κ3) is 12.8. The van der Waals surface area contributed by atoms with Crippen molar-refractivity contribution in [2.45, 2.75) is 110 Å². The molecule has 1 rings (SSSR count). The van der Waals surface area contributed by atoms with Crippen LogP contribution in [0.25, 0.3) is 0 Å². The Morgan fingerprint density at radius 2 is 1.00 bits per heavy atom. The molecule has 0 amide bonds. The van der Waals surface area contributed by atoms with Crippen LogP contribution in [0, 0.1) is 0 Å². The van der Waals surface area contributed by atoms with E-state index in [0.29, 0.717) is 0 Å². The molecule has 0 aromatic carbocycles. The number of hydrogen-bond donors (Lipinski definition) is 0. The van der Waals surface area contributed by atoms with Gasteiger partial charge in [0.05, 0.1) is 0 Å². The van der Waals surface area contributed by atoms with E-state index in [1.807, 2.05) is 0 Å². The first kappa shape index (κ1) is 20.4. The second-order valence-corrected chi connectivity index (χ2v) is 8.25. The van der Waals surface area contributed by atoms with Crippen molar-refractivity contribution in [1.82, 2.24) is 4.31 Å². The van der Waals surface area contributed by atoms with E-state index < -0.39 is 0 Å². The molecule has 0 bridgehead atoms. The standard InChI is InChI=1S/C20H41NS/c1-2-3-4-5-6-7-8-9-10-11-12-13-14-17-20-22-21-18-15-16-19-21/h2-20H2,1H3. The van der Waals surface area contributed by atoms with Gasteiger partial charge in [-0.25, -0.2) is 0 Å².